The lowest BCUT2D eigenvalue weighted by Gasteiger charge is -2.26. The van der Waals surface area contributed by atoms with E-state index in [-0.39, 0.29) is 0 Å². The fourth-order valence-corrected chi connectivity index (χ4v) is 2.72. The molecule has 1 aliphatic carbocycles. The Balaban J connectivity index is 2.05. The van der Waals surface area contributed by atoms with Gasteiger partial charge in [0.15, 0.2) is 5.11 Å². The fraction of sp³-hybridized carbons (Fsp3) is 0.364. The van der Waals surface area contributed by atoms with Gasteiger partial charge in [0, 0.05) is 0 Å². The summed E-state index contributed by atoms with van der Waals surface area (Å²) in [4.78, 5) is 0. The van der Waals surface area contributed by atoms with E-state index in [0.717, 1.165) is 11.5 Å². The van der Waals surface area contributed by atoms with E-state index in [1.165, 1.54) is 17.5 Å². The first-order valence-corrected chi connectivity index (χ1v) is 5.40. The maximum atomic E-state index is 5.14. The quantitative estimate of drug-likeness (QED) is 0.627. The molecular weight excluding hydrogens is 192 g/mol. The molecule has 14 heavy (non-hydrogen) atoms. The Hall–Kier alpha value is -1.09. The number of thiocarbonyl (C=S) groups is 1. The van der Waals surface area contributed by atoms with Gasteiger partial charge in [0.2, 0.25) is 0 Å². The number of hydrogen-bond donors (Lipinski definition) is 2. The maximum absolute atomic E-state index is 5.14. The van der Waals surface area contributed by atoms with E-state index < -0.39 is 0 Å². The zero-order valence-corrected chi connectivity index (χ0v) is 8.60. The highest BCUT2D eigenvalue weighted by Crippen LogP contribution is 2.32. The molecular formula is C11H12N2S. The van der Waals surface area contributed by atoms with Gasteiger partial charge in [-0.3, -0.25) is 0 Å². The van der Waals surface area contributed by atoms with E-state index in [9.17, 15) is 0 Å². The molecule has 0 bridgehead atoms. The van der Waals surface area contributed by atoms with Crippen molar-refractivity contribution in [2.45, 2.75) is 24.9 Å². The molecule has 0 amide bonds. The standard InChI is InChI=1S/C11H12N2S/c14-11-12-9-6-5-7-3-1-2-4-8(7)10(9)13-11/h1-4,9-10H,5-6H2,(H2,12,13,14). The van der Waals surface area contributed by atoms with Crippen LogP contribution in [0.15, 0.2) is 24.3 Å². The second-order valence-electron chi connectivity index (χ2n) is 3.94. The summed E-state index contributed by atoms with van der Waals surface area (Å²) in [7, 11) is 0. The normalized spacial score (nSPS) is 28.7. The van der Waals surface area contributed by atoms with Crippen LogP contribution in [0.2, 0.25) is 0 Å². The number of fused-ring (bicyclic) bond motifs is 3. The molecule has 1 heterocycles. The molecule has 0 radical (unpaired) electrons. The zero-order valence-electron chi connectivity index (χ0n) is 7.79. The molecule has 1 fully saturated rings. The first-order chi connectivity index (χ1) is 6.84. The van der Waals surface area contributed by atoms with Crippen LogP contribution in [-0.4, -0.2) is 11.2 Å². The lowest BCUT2D eigenvalue weighted by molar-refractivity contribution is 0.466. The molecule has 1 aliphatic heterocycles. The average molecular weight is 204 g/mol. The number of nitrogens with one attached hydrogen (secondary N) is 2. The minimum absolute atomic E-state index is 0.396. The molecule has 1 aromatic rings. The molecule has 72 valence electrons. The second kappa shape index (κ2) is 2.95. The Kier molecular flexibility index (Phi) is 1.74. The van der Waals surface area contributed by atoms with Gasteiger partial charge in [-0.2, -0.15) is 0 Å². The molecule has 1 saturated heterocycles. The first kappa shape index (κ1) is 8.24. The van der Waals surface area contributed by atoms with Crippen LogP contribution in [-0.2, 0) is 6.42 Å². The van der Waals surface area contributed by atoms with Gasteiger partial charge in [-0.05, 0) is 36.2 Å². The summed E-state index contributed by atoms with van der Waals surface area (Å²) in [5.74, 6) is 0. The summed E-state index contributed by atoms with van der Waals surface area (Å²) >= 11 is 5.14. The van der Waals surface area contributed by atoms with Crippen LogP contribution < -0.4 is 10.6 Å². The smallest absolute Gasteiger partial charge is 0.167 e. The van der Waals surface area contributed by atoms with Crippen molar-refractivity contribution in [1.82, 2.24) is 10.6 Å². The monoisotopic (exact) mass is 204 g/mol. The number of benzene rings is 1. The summed E-state index contributed by atoms with van der Waals surface area (Å²) in [6, 6.07) is 9.53. The van der Waals surface area contributed by atoms with E-state index in [4.69, 9.17) is 12.2 Å². The van der Waals surface area contributed by atoms with Gasteiger partial charge in [0.05, 0.1) is 12.1 Å². The fourth-order valence-electron chi connectivity index (χ4n) is 2.44. The molecule has 2 N–H and O–H groups in total. The minimum atomic E-state index is 0.396. The molecule has 2 atom stereocenters. The second-order valence-corrected chi connectivity index (χ2v) is 4.35. The lowest BCUT2D eigenvalue weighted by atomic mass is 9.85. The molecule has 0 saturated carbocycles. The predicted molar refractivity (Wildman–Crippen MR) is 60.2 cm³/mol. The van der Waals surface area contributed by atoms with Gasteiger partial charge in [-0.25, -0.2) is 0 Å². The van der Waals surface area contributed by atoms with E-state index in [1.807, 2.05) is 0 Å². The van der Waals surface area contributed by atoms with Crippen molar-refractivity contribution >= 4 is 17.3 Å². The molecule has 2 unspecified atom stereocenters. The molecule has 2 nitrogen and oxygen atoms in total. The van der Waals surface area contributed by atoms with Crippen molar-refractivity contribution in [2.24, 2.45) is 0 Å². The van der Waals surface area contributed by atoms with Crippen LogP contribution in [0.5, 0.6) is 0 Å². The van der Waals surface area contributed by atoms with Crippen LogP contribution >= 0.6 is 12.2 Å². The molecule has 0 spiro atoms. The Bertz CT molecular complexity index is 389. The highest BCUT2D eigenvalue weighted by atomic mass is 32.1. The summed E-state index contributed by atoms with van der Waals surface area (Å²) in [5.41, 5.74) is 2.88. The van der Waals surface area contributed by atoms with Crippen LogP contribution in [0.25, 0.3) is 0 Å². The Morgan fingerprint density at radius 3 is 3.00 bits per heavy atom. The summed E-state index contributed by atoms with van der Waals surface area (Å²) < 4.78 is 0. The minimum Gasteiger partial charge on any atom is -0.358 e. The molecule has 3 rings (SSSR count). The maximum Gasteiger partial charge on any atom is 0.167 e. The van der Waals surface area contributed by atoms with Gasteiger partial charge in [0.1, 0.15) is 0 Å². The summed E-state index contributed by atoms with van der Waals surface area (Å²) in [5, 5.41) is 7.45. The zero-order chi connectivity index (χ0) is 9.54. The third-order valence-corrected chi connectivity index (χ3v) is 3.36. The SMILES string of the molecule is S=C1NC2CCc3ccccc3C2N1. The Morgan fingerprint density at radius 2 is 2.07 bits per heavy atom. The van der Waals surface area contributed by atoms with Gasteiger partial charge >= 0.3 is 0 Å². The number of rotatable bonds is 0. The van der Waals surface area contributed by atoms with Crippen molar-refractivity contribution < 1.29 is 0 Å². The van der Waals surface area contributed by atoms with E-state index >= 15 is 0 Å². The van der Waals surface area contributed by atoms with Crippen molar-refractivity contribution in [2.75, 3.05) is 0 Å². The number of aryl methyl sites for hydroxylation is 1. The van der Waals surface area contributed by atoms with E-state index in [2.05, 4.69) is 34.9 Å². The van der Waals surface area contributed by atoms with Gasteiger partial charge < -0.3 is 10.6 Å². The highest BCUT2D eigenvalue weighted by Gasteiger charge is 2.34. The largest absolute Gasteiger partial charge is 0.358 e. The van der Waals surface area contributed by atoms with Crippen molar-refractivity contribution in [3.8, 4) is 0 Å². The van der Waals surface area contributed by atoms with Gasteiger partial charge in [-0.1, -0.05) is 24.3 Å². The average Bonchev–Trinajstić information content (AvgIpc) is 2.59. The number of hydrogen-bond acceptors (Lipinski definition) is 1. The van der Waals surface area contributed by atoms with Crippen LogP contribution in [0.4, 0.5) is 0 Å². The van der Waals surface area contributed by atoms with Crippen LogP contribution in [0.3, 0.4) is 0 Å². The van der Waals surface area contributed by atoms with Crippen molar-refractivity contribution in [3.05, 3.63) is 35.4 Å². The van der Waals surface area contributed by atoms with E-state index in [0.29, 0.717) is 12.1 Å². The molecule has 0 aromatic heterocycles. The van der Waals surface area contributed by atoms with Crippen molar-refractivity contribution in [3.63, 3.8) is 0 Å². The Labute approximate surface area is 88.7 Å². The lowest BCUT2D eigenvalue weighted by Crippen LogP contribution is -2.31. The molecule has 2 aliphatic rings. The molecule has 1 aromatic carbocycles. The third kappa shape index (κ3) is 1.12. The van der Waals surface area contributed by atoms with Crippen LogP contribution in [0, 0.1) is 0 Å². The highest BCUT2D eigenvalue weighted by molar-refractivity contribution is 7.80. The van der Waals surface area contributed by atoms with Gasteiger partial charge in [0.25, 0.3) is 0 Å². The Morgan fingerprint density at radius 1 is 1.21 bits per heavy atom. The van der Waals surface area contributed by atoms with E-state index in [1.54, 1.807) is 0 Å². The summed E-state index contributed by atoms with van der Waals surface area (Å²) in [6.07, 6.45) is 2.34. The van der Waals surface area contributed by atoms with Crippen molar-refractivity contribution in [1.29, 1.82) is 0 Å². The third-order valence-electron chi connectivity index (χ3n) is 3.12. The first-order valence-electron chi connectivity index (χ1n) is 4.99. The van der Waals surface area contributed by atoms with Gasteiger partial charge in [-0.15, -0.1) is 0 Å². The predicted octanol–water partition coefficient (Wildman–Crippen LogP) is 1.52. The summed E-state index contributed by atoms with van der Waals surface area (Å²) in [6.45, 7) is 0. The van der Waals surface area contributed by atoms with Crippen LogP contribution in [0.1, 0.15) is 23.6 Å². The topological polar surface area (TPSA) is 24.1 Å². The molecule has 3 heteroatoms.